The Morgan fingerprint density at radius 1 is 0.889 bits per heavy atom. The number of hydrogen-bond donors (Lipinski definition) is 2. The van der Waals surface area contributed by atoms with E-state index in [2.05, 4.69) is 22.4 Å². The molecule has 36 heavy (non-hydrogen) atoms. The van der Waals surface area contributed by atoms with Crippen molar-refractivity contribution < 1.29 is 5.11 Å². The summed E-state index contributed by atoms with van der Waals surface area (Å²) in [6, 6.07) is 20.7. The average molecular weight is 542 g/mol. The summed E-state index contributed by atoms with van der Waals surface area (Å²) in [4.78, 5) is 0. The molecule has 0 spiro atoms. The van der Waals surface area contributed by atoms with Gasteiger partial charge in [-0.2, -0.15) is 0 Å². The van der Waals surface area contributed by atoms with Crippen LogP contribution in [0.1, 0.15) is 22.9 Å². The van der Waals surface area contributed by atoms with E-state index in [1.54, 1.807) is 28.8 Å². The number of nitrogens with zero attached hydrogens (tertiary/aromatic N) is 5. The minimum Gasteiger partial charge on any atom is -0.387 e. The van der Waals surface area contributed by atoms with Crippen LogP contribution in [0.2, 0.25) is 15.1 Å². The van der Waals surface area contributed by atoms with Gasteiger partial charge in [-0.05, 0) is 47.9 Å². The minimum absolute atomic E-state index is 0.158. The van der Waals surface area contributed by atoms with Crippen LogP contribution >= 0.6 is 34.8 Å². The molecule has 0 radical (unpaired) electrons. The second kappa shape index (κ2) is 10.5. The van der Waals surface area contributed by atoms with Gasteiger partial charge in [-0.3, -0.25) is 10.1 Å². The molecule has 0 amide bonds. The van der Waals surface area contributed by atoms with Crippen LogP contribution in [0.25, 0.3) is 11.0 Å². The lowest BCUT2D eigenvalue weighted by molar-refractivity contribution is 0.155. The van der Waals surface area contributed by atoms with E-state index in [-0.39, 0.29) is 12.2 Å². The quantitative estimate of drug-likeness (QED) is 0.272. The fourth-order valence-corrected chi connectivity index (χ4v) is 4.70. The highest BCUT2D eigenvalue weighted by atomic mass is 35.5. The van der Waals surface area contributed by atoms with E-state index >= 15 is 0 Å². The van der Waals surface area contributed by atoms with Crippen molar-refractivity contribution in [2.45, 2.75) is 32.2 Å². The lowest BCUT2D eigenvalue weighted by Crippen LogP contribution is -2.27. The second-order valence-electron chi connectivity index (χ2n) is 8.55. The number of rotatable bonds is 8. The molecule has 0 fully saturated rings. The fraction of sp³-hybridized carbons (Fsp3) is 0.192. The average Bonchev–Trinajstić information content (AvgIpc) is 3.43. The molecule has 0 aliphatic carbocycles. The Labute approximate surface area is 222 Å². The maximum Gasteiger partial charge on any atom is 0.203 e. The predicted octanol–water partition coefficient (Wildman–Crippen LogP) is 5.50. The van der Waals surface area contributed by atoms with E-state index in [9.17, 15) is 5.11 Å². The van der Waals surface area contributed by atoms with Crippen LogP contribution in [0.5, 0.6) is 0 Å². The molecule has 2 aromatic heterocycles. The SMILES string of the molecule is N=c1n(Cc2cn(CCc3ccccc3)nn2)c2cc(Cl)ccc2n1CC(O)c1ccc(Cl)c(Cl)c1. The Bertz CT molecular complexity index is 1570. The summed E-state index contributed by atoms with van der Waals surface area (Å²) in [7, 11) is 0. The van der Waals surface area contributed by atoms with Gasteiger partial charge in [-0.25, -0.2) is 0 Å². The van der Waals surface area contributed by atoms with E-state index in [0.29, 0.717) is 33.7 Å². The maximum atomic E-state index is 10.9. The smallest absolute Gasteiger partial charge is 0.203 e. The van der Waals surface area contributed by atoms with E-state index in [4.69, 9.17) is 40.2 Å². The largest absolute Gasteiger partial charge is 0.387 e. The summed E-state index contributed by atoms with van der Waals surface area (Å²) in [6.07, 6.45) is 1.86. The minimum atomic E-state index is -0.887. The molecular weight excluding hydrogens is 519 g/mol. The van der Waals surface area contributed by atoms with Crippen molar-refractivity contribution in [3.05, 3.63) is 110 Å². The van der Waals surface area contributed by atoms with Gasteiger partial charge >= 0.3 is 0 Å². The molecule has 184 valence electrons. The van der Waals surface area contributed by atoms with Crippen molar-refractivity contribution in [1.29, 1.82) is 5.41 Å². The molecule has 0 aliphatic heterocycles. The van der Waals surface area contributed by atoms with Crippen molar-refractivity contribution >= 4 is 45.8 Å². The molecule has 3 aromatic carbocycles. The molecular formula is C26H23Cl3N6O. The first-order valence-electron chi connectivity index (χ1n) is 11.4. The molecule has 0 aliphatic rings. The van der Waals surface area contributed by atoms with Crippen molar-refractivity contribution in [1.82, 2.24) is 24.1 Å². The molecule has 2 heterocycles. The number of aromatic nitrogens is 5. The first-order valence-corrected chi connectivity index (χ1v) is 12.5. The highest BCUT2D eigenvalue weighted by Crippen LogP contribution is 2.27. The molecule has 5 aromatic rings. The number of imidazole rings is 1. The number of halogens is 3. The number of aliphatic hydroxyl groups excluding tert-OH is 1. The third-order valence-electron chi connectivity index (χ3n) is 6.09. The summed E-state index contributed by atoms with van der Waals surface area (Å²) in [5.41, 5.74) is 4.34. The number of benzene rings is 3. The third-order valence-corrected chi connectivity index (χ3v) is 7.07. The first-order chi connectivity index (χ1) is 17.4. The second-order valence-corrected chi connectivity index (χ2v) is 9.80. The highest BCUT2D eigenvalue weighted by molar-refractivity contribution is 6.42. The first kappa shape index (κ1) is 24.6. The van der Waals surface area contributed by atoms with Crippen molar-refractivity contribution in [3.63, 3.8) is 0 Å². The van der Waals surface area contributed by atoms with Crippen LogP contribution in [-0.2, 0) is 26.1 Å². The molecule has 7 nitrogen and oxygen atoms in total. The molecule has 1 atom stereocenters. The number of aliphatic hydroxyl groups is 1. The van der Waals surface area contributed by atoms with E-state index < -0.39 is 6.10 Å². The Balaban J connectivity index is 1.41. The zero-order valence-electron chi connectivity index (χ0n) is 19.2. The molecule has 5 rings (SSSR count). The molecule has 0 saturated carbocycles. The Morgan fingerprint density at radius 3 is 2.47 bits per heavy atom. The van der Waals surface area contributed by atoms with Gasteiger partial charge in [0.25, 0.3) is 0 Å². The summed E-state index contributed by atoms with van der Waals surface area (Å²) < 4.78 is 5.37. The van der Waals surface area contributed by atoms with Gasteiger partial charge in [0.05, 0.1) is 46.5 Å². The summed E-state index contributed by atoms with van der Waals surface area (Å²) in [5, 5.41) is 29.7. The topological polar surface area (TPSA) is 84.7 Å². The van der Waals surface area contributed by atoms with Gasteiger partial charge in [0.1, 0.15) is 5.69 Å². The Kier molecular flexibility index (Phi) is 7.16. The summed E-state index contributed by atoms with van der Waals surface area (Å²) in [5.74, 6) is 0. The van der Waals surface area contributed by atoms with Crippen molar-refractivity contribution in [2.75, 3.05) is 0 Å². The predicted molar refractivity (Wildman–Crippen MR) is 141 cm³/mol. The van der Waals surface area contributed by atoms with E-state index in [0.717, 1.165) is 23.1 Å². The van der Waals surface area contributed by atoms with E-state index in [1.807, 2.05) is 45.8 Å². The lowest BCUT2D eigenvalue weighted by atomic mass is 10.1. The van der Waals surface area contributed by atoms with E-state index in [1.165, 1.54) is 5.56 Å². The zero-order valence-corrected chi connectivity index (χ0v) is 21.4. The Hall–Kier alpha value is -3.10. The van der Waals surface area contributed by atoms with Gasteiger partial charge in [0.15, 0.2) is 0 Å². The van der Waals surface area contributed by atoms with Crippen LogP contribution in [0.3, 0.4) is 0 Å². The van der Waals surface area contributed by atoms with Gasteiger partial charge < -0.3 is 14.2 Å². The normalized spacial score (nSPS) is 12.3. The van der Waals surface area contributed by atoms with Crippen LogP contribution in [0.15, 0.2) is 72.9 Å². The maximum absolute atomic E-state index is 10.9. The molecule has 0 bridgehead atoms. The zero-order chi connectivity index (χ0) is 25.2. The number of fused-ring (bicyclic) bond motifs is 1. The number of aryl methyl sites for hydroxylation is 2. The van der Waals surface area contributed by atoms with Gasteiger partial charge in [0, 0.05) is 11.6 Å². The van der Waals surface area contributed by atoms with Gasteiger partial charge in [-0.15, -0.1) is 5.10 Å². The lowest BCUT2D eigenvalue weighted by Gasteiger charge is -2.13. The standard InChI is InChI=1S/C26H23Cl3N6O/c27-19-7-9-23-24(13-19)34(15-20-14-33(32-31-20)11-10-17-4-2-1-3-5-17)26(30)35(23)16-25(36)18-6-8-21(28)22(29)12-18/h1-9,12-14,25,30,36H,10-11,15-16H2. The number of hydrogen-bond acceptors (Lipinski definition) is 4. The van der Waals surface area contributed by atoms with Crippen LogP contribution in [0.4, 0.5) is 0 Å². The molecule has 1 unspecified atom stereocenters. The van der Waals surface area contributed by atoms with Gasteiger partial charge in [0.2, 0.25) is 5.62 Å². The molecule has 0 saturated heterocycles. The van der Waals surface area contributed by atoms with Gasteiger partial charge in [-0.1, -0.05) is 76.4 Å². The summed E-state index contributed by atoms with van der Waals surface area (Å²) >= 11 is 18.5. The highest BCUT2D eigenvalue weighted by Gasteiger charge is 2.17. The number of nitrogens with one attached hydrogen (secondary N) is 1. The molecule has 2 N–H and O–H groups in total. The fourth-order valence-electron chi connectivity index (χ4n) is 4.23. The monoisotopic (exact) mass is 540 g/mol. The third kappa shape index (κ3) is 5.20. The summed E-state index contributed by atoms with van der Waals surface area (Å²) in [6.45, 7) is 1.21. The van der Waals surface area contributed by atoms with Crippen LogP contribution < -0.4 is 5.62 Å². The van der Waals surface area contributed by atoms with Crippen LogP contribution in [-0.4, -0.2) is 29.2 Å². The van der Waals surface area contributed by atoms with Crippen LogP contribution in [0, 0.1) is 5.41 Å². The van der Waals surface area contributed by atoms with Crippen molar-refractivity contribution in [2.24, 2.45) is 0 Å². The molecule has 10 heteroatoms. The Morgan fingerprint density at radius 2 is 1.69 bits per heavy atom. The van der Waals surface area contributed by atoms with Crippen molar-refractivity contribution in [3.8, 4) is 0 Å².